The summed E-state index contributed by atoms with van der Waals surface area (Å²) >= 11 is 0. The topological polar surface area (TPSA) is 97.8 Å². The van der Waals surface area contributed by atoms with Crippen molar-refractivity contribution < 1.29 is 33.6 Å². The second-order valence-corrected chi connectivity index (χ2v) is 10.4. The summed E-state index contributed by atoms with van der Waals surface area (Å²) < 4.78 is 22.4. The van der Waals surface area contributed by atoms with Gasteiger partial charge in [-0.05, 0) is 61.2 Å². The molecule has 2 aliphatic heterocycles. The first-order valence-corrected chi connectivity index (χ1v) is 14.4. The van der Waals surface area contributed by atoms with Crippen LogP contribution in [0.3, 0.4) is 0 Å². The summed E-state index contributed by atoms with van der Waals surface area (Å²) in [5, 5.41) is 11.5. The van der Waals surface area contributed by atoms with E-state index in [2.05, 4.69) is 11.8 Å². The first kappa shape index (κ1) is 30.4. The van der Waals surface area contributed by atoms with Gasteiger partial charge in [-0.25, -0.2) is 0 Å². The van der Waals surface area contributed by atoms with E-state index in [1.807, 2.05) is 19.1 Å². The number of hydrogen-bond acceptors (Lipinski definition) is 8. The van der Waals surface area contributed by atoms with Gasteiger partial charge in [0.2, 0.25) is 0 Å². The minimum Gasteiger partial charge on any atom is -0.507 e. The van der Waals surface area contributed by atoms with Gasteiger partial charge in [0, 0.05) is 31.7 Å². The summed E-state index contributed by atoms with van der Waals surface area (Å²) in [4.78, 5) is 30.8. The van der Waals surface area contributed by atoms with Crippen LogP contribution >= 0.6 is 0 Å². The van der Waals surface area contributed by atoms with Crippen LogP contribution in [-0.4, -0.2) is 86.8 Å². The number of likely N-dealkylation sites (tertiary alicyclic amines) is 1. The smallest absolute Gasteiger partial charge is 0.295 e. The number of nitrogens with zero attached hydrogens (tertiary/aromatic N) is 2. The second-order valence-electron chi connectivity index (χ2n) is 10.4. The zero-order chi connectivity index (χ0) is 29.4. The van der Waals surface area contributed by atoms with E-state index in [0.29, 0.717) is 61.2 Å². The molecule has 41 heavy (non-hydrogen) atoms. The van der Waals surface area contributed by atoms with Crippen LogP contribution in [0.15, 0.2) is 42.0 Å². The maximum absolute atomic E-state index is 13.5. The summed E-state index contributed by atoms with van der Waals surface area (Å²) in [6.07, 6.45) is 3.79. The van der Waals surface area contributed by atoms with Crippen molar-refractivity contribution in [3.05, 3.63) is 58.7 Å². The lowest BCUT2D eigenvalue weighted by Gasteiger charge is -2.29. The third kappa shape index (κ3) is 7.02. The number of morpholine rings is 1. The Morgan fingerprint density at radius 3 is 2.44 bits per heavy atom. The number of ketones is 1. The molecule has 1 amide bonds. The first-order valence-electron chi connectivity index (χ1n) is 14.4. The highest BCUT2D eigenvalue weighted by Gasteiger charge is 2.46. The molecule has 9 nitrogen and oxygen atoms in total. The van der Waals surface area contributed by atoms with Crippen LogP contribution in [0.4, 0.5) is 0 Å². The Balaban J connectivity index is 1.70. The third-order valence-electron chi connectivity index (χ3n) is 7.71. The molecule has 0 aromatic heterocycles. The minimum absolute atomic E-state index is 0.0632. The van der Waals surface area contributed by atoms with E-state index in [9.17, 15) is 14.7 Å². The summed E-state index contributed by atoms with van der Waals surface area (Å²) in [6, 6.07) is 9.91. The van der Waals surface area contributed by atoms with Crippen LogP contribution in [0.5, 0.6) is 17.2 Å². The largest absolute Gasteiger partial charge is 0.507 e. The second kappa shape index (κ2) is 14.4. The standard InChI is InChI=1S/C32H42N2O7/c1-5-6-7-17-41-26-12-9-23(21-27(26)39-4)29-28(30(35)25-11-10-24(38-3)20-22(25)2)31(36)32(37)34(29)14-8-13-33-15-18-40-19-16-33/h9-12,20-21,29,35H,5-8,13-19H2,1-4H3/b30-28+. The van der Waals surface area contributed by atoms with Crippen molar-refractivity contribution in [2.24, 2.45) is 0 Å². The van der Waals surface area contributed by atoms with Gasteiger partial charge in [0.15, 0.2) is 11.5 Å². The van der Waals surface area contributed by atoms with E-state index in [0.717, 1.165) is 44.5 Å². The molecule has 1 atom stereocenters. The van der Waals surface area contributed by atoms with Crippen molar-refractivity contribution >= 4 is 17.4 Å². The van der Waals surface area contributed by atoms with Gasteiger partial charge in [0.25, 0.3) is 11.7 Å². The Labute approximate surface area is 242 Å². The van der Waals surface area contributed by atoms with Gasteiger partial charge in [-0.3, -0.25) is 14.5 Å². The number of methoxy groups -OCH3 is 2. The number of aliphatic hydroxyl groups excluding tert-OH is 1. The van der Waals surface area contributed by atoms with Crippen LogP contribution in [0, 0.1) is 6.92 Å². The van der Waals surface area contributed by atoms with Crippen LogP contribution in [0.25, 0.3) is 5.76 Å². The number of carbonyl (C=O) groups is 2. The van der Waals surface area contributed by atoms with E-state index in [1.54, 1.807) is 43.4 Å². The number of rotatable bonds is 13. The molecular formula is C32H42N2O7. The molecule has 2 fully saturated rings. The normalized spacial score (nSPS) is 19.0. The summed E-state index contributed by atoms with van der Waals surface area (Å²) in [5.41, 5.74) is 1.94. The third-order valence-corrected chi connectivity index (χ3v) is 7.71. The van der Waals surface area contributed by atoms with Crippen LogP contribution in [-0.2, 0) is 14.3 Å². The maximum Gasteiger partial charge on any atom is 0.295 e. The molecule has 2 heterocycles. The quantitative estimate of drug-likeness (QED) is 0.161. The molecular weight excluding hydrogens is 524 g/mol. The number of aliphatic hydroxyl groups is 1. The average molecular weight is 567 g/mol. The average Bonchev–Trinajstić information content (AvgIpc) is 3.24. The van der Waals surface area contributed by atoms with Crippen molar-refractivity contribution in [1.29, 1.82) is 0 Å². The van der Waals surface area contributed by atoms with Crippen molar-refractivity contribution in [2.45, 2.75) is 45.6 Å². The number of carbonyl (C=O) groups excluding carboxylic acids is 2. The maximum atomic E-state index is 13.5. The summed E-state index contributed by atoms with van der Waals surface area (Å²) in [6.45, 7) is 8.76. The van der Waals surface area contributed by atoms with Gasteiger partial charge in [-0.1, -0.05) is 25.8 Å². The van der Waals surface area contributed by atoms with Gasteiger partial charge in [-0.15, -0.1) is 0 Å². The summed E-state index contributed by atoms with van der Waals surface area (Å²) in [5.74, 6) is 0.221. The van der Waals surface area contributed by atoms with Crippen LogP contribution < -0.4 is 14.2 Å². The molecule has 1 N–H and O–H groups in total. The number of unbranched alkanes of at least 4 members (excludes halogenated alkanes) is 2. The molecule has 9 heteroatoms. The SMILES string of the molecule is CCCCCOc1ccc(C2/C(=C(\O)c3ccc(OC)cc3C)C(=O)C(=O)N2CCCN2CCOCC2)cc1OC. The molecule has 2 saturated heterocycles. The van der Waals surface area contributed by atoms with Crippen molar-refractivity contribution in [1.82, 2.24) is 9.80 Å². The fourth-order valence-electron chi connectivity index (χ4n) is 5.43. The minimum atomic E-state index is -0.774. The van der Waals surface area contributed by atoms with E-state index < -0.39 is 17.7 Å². The molecule has 0 spiro atoms. The number of benzene rings is 2. The summed E-state index contributed by atoms with van der Waals surface area (Å²) in [7, 11) is 3.14. The van der Waals surface area contributed by atoms with Crippen molar-refractivity contribution in [3.63, 3.8) is 0 Å². The molecule has 0 saturated carbocycles. The van der Waals surface area contributed by atoms with E-state index in [1.165, 1.54) is 0 Å². The van der Waals surface area contributed by atoms with Gasteiger partial charge in [0.1, 0.15) is 11.5 Å². The van der Waals surface area contributed by atoms with Crippen molar-refractivity contribution in [3.8, 4) is 17.2 Å². The molecule has 2 aromatic rings. The Hall–Kier alpha value is -3.56. The number of hydrogen-bond donors (Lipinski definition) is 1. The fourth-order valence-corrected chi connectivity index (χ4v) is 5.43. The molecule has 0 bridgehead atoms. The highest BCUT2D eigenvalue weighted by Crippen LogP contribution is 2.42. The van der Waals surface area contributed by atoms with Crippen LogP contribution in [0.1, 0.15) is 55.3 Å². The molecule has 222 valence electrons. The molecule has 0 aliphatic carbocycles. The monoisotopic (exact) mass is 566 g/mol. The van der Waals surface area contributed by atoms with Crippen LogP contribution in [0.2, 0.25) is 0 Å². The Morgan fingerprint density at radius 2 is 1.76 bits per heavy atom. The van der Waals surface area contributed by atoms with E-state index in [-0.39, 0.29) is 11.3 Å². The first-order chi connectivity index (χ1) is 19.9. The molecule has 2 aliphatic rings. The number of ether oxygens (including phenoxy) is 4. The zero-order valence-electron chi connectivity index (χ0n) is 24.6. The van der Waals surface area contributed by atoms with Gasteiger partial charge in [-0.2, -0.15) is 0 Å². The lowest BCUT2D eigenvalue weighted by Crippen LogP contribution is -2.39. The Kier molecular flexibility index (Phi) is 10.7. The Morgan fingerprint density at radius 1 is 0.976 bits per heavy atom. The number of aryl methyl sites for hydroxylation is 1. The van der Waals surface area contributed by atoms with Gasteiger partial charge < -0.3 is 29.0 Å². The highest BCUT2D eigenvalue weighted by atomic mass is 16.5. The highest BCUT2D eigenvalue weighted by molar-refractivity contribution is 6.46. The molecule has 2 aromatic carbocycles. The lowest BCUT2D eigenvalue weighted by atomic mass is 9.93. The predicted octanol–water partition coefficient (Wildman–Crippen LogP) is 4.73. The Bertz CT molecular complexity index is 1250. The number of Topliss-reactive ketones (excluding diaryl/α,β-unsaturated/α-hetero) is 1. The van der Waals surface area contributed by atoms with Gasteiger partial charge in [0.05, 0.1) is 45.7 Å². The van der Waals surface area contributed by atoms with Crippen molar-refractivity contribution in [2.75, 3.05) is 60.2 Å². The fraction of sp³-hybridized carbons (Fsp3) is 0.500. The molecule has 0 radical (unpaired) electrons. The molecule has 4 rings (SSSR count). The lowest BCUT2D eigenvalue weighted by molar-refractivity contribution is -0.140. The molecule has 1 unspecified atom stereocenters. The van der Waals surface area contributed by atoms with Gasteiger partial charge >= 0.3 is 0 Å². The van der Waals surface area contributed by atoms with E-state index >= 15 is 0 Å². The zero-order valence-corrected chi connectivity index (χ0v) is 24.6. The predicted molar refractivity (Wildman–Crippen MR) is 157 cm³/mol. The number of amides is 1. The van der Waals surface area contributed by atoms with E-state index in [4.69, 9.17) is 18.9 Å².